The lowest BCUT2D eigenvalue weighted by atomic mass is 10.1. The number of anilines is 1. The van der Waals surface area contributed by atoms with E-state index in [9.17, 15) is 24.9 Å². The lowest BCUT2D eigenvalue weighted by molar-refractivity contribution is -0.136. The van der Waals surface area contributed by atoms with Crippen molar-refractivity contribution < 1.29 is 19.1 Å². The van der Waals surface area contributed by atoms with Gasteiger partial charge in [-0.05, 0) is 64.2 Å². The van der Waals surface area contributed by atoms with Crippen LogP contribution >= 0.6 is 0 Å². The molecular formula is C26H30N6O4. The molecule has 1 aromatic carbocycles. The van der Waals surface area contributed by atoms with E-state index in [2.05, 4.69) is 17.5 Å². The summed E-state index contributed by atoms with van der Waals surface area (Å²) in [6.07, 6.45) is 1.45. The summed E-state index contributed by atoms with van der Waals surface area (Å²) in [7, 11) is 0. The highest BCUT2D eigenvalue weighted by molar-refractivity contribution is 6.01. The predicted octanol–water partition coefficient (Wildman–Crippen LogP) is 1.75. The number of hydrogen-bond donors (Lipinski definition) is 1. The molecule has 1 aromatic rings. The van der Waals surface area contributed by atoms with Gasteiger partial charge >= 0.3 is 6.09 Å². The van der Waals surface area contributed by atoms with Crippen LogP contribution in [0, 0.1) is 28.6 Å². The first kappa shape index (κ1) is 24.1. The summed E-state index contributed by atoms with van der Waals surface area (Å²) >= 11 is 0. The molecule has 4 fully saturated rings. The first-order valence-electron chi connectivity index (χ1n) is 12.4. The maximum absolute atomic E-state index is 13.6. The van der Waals surface area contributed by atoms with E-state index in [-0.39, 0.29) is 30.4 Å². The normalized spacial score (nSPS) is 29.4. The molecule has 36 heavy (non-hydrogen) atoms. The second kappa shape index (κ2) is 8.79. The van der Waals surface area contributed by atoms with E-state index in [1.54, 1.807) is 48.8 Å². The third-order valence-electron chi connectivity index (χ3n) is 7.44. The van der Waals surface area contributed by atoms with Crippen molar-refractivity contribution in [3.63, 3.8) is 0 Å². The molecule has 188 valence electrons. The summed E-state index contributed by atoms with van der Waals surface area (Å²) in [5.41, 5.74) is 0.450. The van der Waals surface area contributed by atoms with Gasteiger partial charge in [0.15, 0.2) is 0 Å². The fraction of sp³-hybridized carbons (Fsp3) is 0.577. The predicted molar refractivity (Wildman–Crippen MR) is 128 cm³/mol. The quantitative estimate of drug-likeness (QED) is 0.666. The third kappa shape index (κ3) is 4.38. The molecule has 5 rings (SSSR count). The van der Waals surface area contributed by atoms with Crippen molar-refractivity contribution in [2.24, 2.45) is 5.92 Å². The number of nitrogens with zero attached hydrogens (tertiary/aromatic N) is 5. The van der Waals surface area contributed by atoms with Crippen molar-refractivity contribution in [2.75, 3.05) is 18.0 Å². The van der Waals surface area contributed by atoms with Gasteiger partial charge in [-0.1, -0.05) is 6.07 Å². The minimum absolute atomic E-state index is 0.0460. The molecule has 4 aliphatic rings. The molecule has 3 aliphatic heterocycles. The number of nitrogens with one attached hydrogen (secondary N) is 1. The number of benzene rings is 1. The minimum atomic E-state index is -0.933. The number of carbonyl (C=O) groups excluding carboxylic acids is 3. The van der Waals surface area contributed by atoms with Gasteiger partial charge in [-0.25, -0.2) is 4.79 Å². The lowest BCUT2D eigenvalue weighted by Gasteiger charge is -2.36. The number of likely N-dealkylation sites (tertiary alicyclic amines) is 2. The van der Waals surface area contributed by atoms with E-state index >= 15 is 0 Å². The number of ether oxygens (including phenoxy) is 1. The van der Waals surface area contributed by atoms with Gasteiger partial charge in [0, 0.05) is 24.8 Å². The van der Waals surface area contributed by atoms with Crippen molar-refractivity contribution in [3.8, 4) is 12.1 Å². The summed E-state index contributed by atoms with van der Waals surface area (Å²) in [4.78, 5) is 44.9. The van der Waals surface area contributed by atoms with Crippen LogP contribution in [0.4, 0.5) is 10.5 Å². The van der Waals surface area contributed by atoms with Gasteiger partial charge in [-0.2, -0.15) is 10.5 Å². The van der Waals surface area contributed by atoms with Crippen LogP contribution in [-0.2, 0) is 14.3 Å². The molecule has 3 heterocycles. The van der Waals surface area contributed by atoms with Crippen LogP contribution < -0.4 is 10.2 Å². The van der Waals surface area contributed by atoms with Gasteiger partial charge in [0.2, 0.25) is 11.8 Å². The van der Waals surface area contributed by atoms with Gasteiger partial charge in [0.25, 0.3) is 0 Å². The van der Waals surface area contributed by atoms with Crippen LogP contribution in [0.1, 0.15) is 45.6 Å². The molecule has 1 N–H and O–H groups in total. The Balaban J connectivity index is 1.33. The second-order valence-corrected chi connectivity index (χ2v) is 11.1. The summed E-state index contributed by atoms with van der Waals surface area (Å²) in [5.74, 6) is -0.0303. The first-order chi connectivity index (χ1) is 17.1. The Morgan fingerprint density at radius 3 is 2.67 bits per heavy atom. The Morgan fingerprint density at radius 2 is 2.00 bits per heavy atom. The van der Waals surface area contributed by atoms with Crippen LogP contribution in [0.2, 0.25) is 0 Å². The molecule has 0 aromatic heterocycles. The van der Waals surface area contributed by atoms with Gasteiger partial charge in [0.1, 0.15) is 17.7 Å². The van der Waals surface area contributed by atoms with Gasteiger partial charge in [-0.3, -0.25) is 14.5 Å². The Labute approximate surface area is 210 Å². The Kier molecular flexibility index (Phi) is 5.88. The highest BCUT2D eigenvalue weighted by Crippen LogP contribution is 2.48. The maximum Gasteiger partial charge on any atom is 0.408 e. The number of carbonyl (C=O) groups is 3. The van der Waals surface area contributed by atoms with E-state index in [0.29, 0.717) is 36.6 Å². The molecule has 3 saturated heterocycles. The van der Waals surface area contributed by atoms with Crippen molar-refractivity contribution >= 4 is 23.6 Å². The summed E-state index contributed by atoms with van der Waals surface area (Å²) in [5, 5.41) is 21.5. The Morgan fingerprint density at radius 1 is 1.22 bits per heavy atom. The molecule has 2 bridgehead atoms. The molecule has 10 heteroatoms. The summed E-state index contributed by atoms with van der Waals surface area (Å²) in [6, 6.07) is 9.44. The number of hydrogen-bond acceptors (Lipinski definition) is 7. The molecule has 0 radical (unpaired) electrons. The molecule has 10 nitrogen and oxygen atoms in total. The van der Waals surface area contributed by atoms with Crippen molar-refractivity contribution in [1.29, 1.82) is 10.5 Å². The fourth-order valence-electron chi connectivity index (χ4n) is 5.87. The van der Waals surface area contributed by atoms with E-state index in [1.165, 1.54) is 0 Å². The van der Waals surface area contributed by atoms with Gasteiger partial charge < -0.3 is 19.9 Å². The average molecular weight is 491 g/mol. The average Bonchev–Trinajstić information content (AvgIpc) is 3.15. The van der Waals surface area contributed by atoms with E-state index < -0.39 is 29.8 Å². The van der Waals surface area contributed by atoms with Crippen LogP contribution in [0.3, 0.4) is 0 Å². The number of piperidine rings is 1. The zero-order valence-corrected chi connectivity index (χ0v) is 20.7. The number of rotatable bonds is 5. The van der Waals surface area contributed by atoms with Crippen LogP contribution in [-0.4, -0.2) is 76.6 Å². The SMILES string of the molecule is CC(C)(C)OC(=O)NC(CN1C[C@@H]2CC1C(=O)N2c1cccc(C#N)c1)C(=O)N1C(C#N)C[C@@H]2CC21. The van der Waals surface area contributed by atoms with Crippen molar-refractivity contribution in [1.82, 2.24) is 15.1 Å². The van der Waals surface area contributed by atoms with Crippen LogP contribution in [0.5, 0.6) is 0 Å². The van der Waals surface area contributed by atoms with Crippen molar-refractivity contribution in [2.45, 2.75) is 75.8 Å². The summed E-state index contributed by atoms with van der Waals surface area (Å²) in [6.45, 7) is 5.94. The molecule has 1 saturated carbocycles. The highest BCUT2D eigenvalue weighted by Gasteiger charge is 2.56. The standard InChI is InChI=1S/C26H30N6O4/c1-26(2,3)36-25(35)29-20(23(33)32-18(12-28)8-16-9-21(16)32)14-30-13-19-10-22(30)24(34)31(19)17-6-4-5-15(7-17)11-27/h4-7,16,18-22H,8-10,13-14H2,1-3H3,(H,29,35)/t16-,18?,19+,20?,21?,22?/m1/s1. The molecule has 1 aliphatic carbocycles. The number of piperazine rings is 1. The topological polar surface area (TPSA) is 130 Å². The smallest absolute Gasteiger partial charge is 0.408 e. The van der Waals surface area contributed by atoms with Crippen LogP contribution in [0.25, 0.3) is 0 Å². The van der Waals surface area contributed by atoms with Gasteiger partial charge in [0.05, 0.1) is 29.8 Å². The highest BCUT2D eigenvalue weighted by atomic mass is 16.6. The van der Waals surface area contributed by atoms with Crippen molar-refractivity contribution in [3.05, 3.63) is 29.8 Å². The number of alkyl carbamates (subject to hydrolysis) is 1. The zero-order chi connectivity index (χ0) is 25.8. The summed E-state index contributed by atoms with van der Waals surface area (Å²) < 4.78 is 5.41. The Bertz CT molecular complexity index is 1180. The largest absolute Gasteiger partial charge is 0.444 e. The first-order valence-corrected chi connectivity index (χ1v) is 12.4. The van der Waals surface area contributed by atoms with Gasteiger partial charge in [-0.15, -0.1) is 0 Å². The molecule has 4 unspecified atom stereocenters. The van der Waals surface area contributed by atoms with E-state index in [0.717, 1.165) is 6.42 Å². The molecular weight excluding hydrogens is 460 g/mol. The number of nitriles is 2. The number of amides is 3. The maximum atomic E-state index is 13.6. The molecule has 3 amide bonds. The van der Waals surface area contributed by atoms with E-state index in [1.807, 2.05) is 11.0 Å². The zero-order valence-electron chi connectivity index (χ0n) is 20.7. The molecule has 6 atom stereocenters. The molecule has 0 spiro atoms. The van der Waals surface area contributed by atoms with E-state index in [4.69, 9.17) is 4.74 Å². The lowest BCUT2D eigenvalue weighted by Crippen LogP contribution is -2.59. The van der Waals surface area contributed by atoms with Crippen LogP contribution in [0.15, 0.2) is 24.3 Å². The third-order valence-corrected chi connectivity index (χ3v) is 7.44. The Hall–Kier alpha value is -3.63. The minimum Gasteiger partial charge on any atom is -0.444 e. The number of fused-ring (bicyclic) bond motifs is 3. The second-order valence-electron chi connectivity index (χ2n) is 11.1. The monoisotopic (exact) mass is 490 g/mol. The fourth-order valence-corrected chi connectivity index (χ4v) is 5.87.